The molecule has 79 heavy (non-hydrogen) atoms. The van der Waals surface area contributed by atoms with Gasteiger partial charge < -0.3 is 54.3 Å². The molecular weight excluding hydrogens is 1030 g/mol. The number of amides is 1. The number of rotatable bonds is 46. The van der Waals surface area contributed by atoms with Crippen molar-refractivity contribution in [2.75, 3.05) is 77.5 Å². The first kappa shape index (κ1) is 68.3. The summed E-state index contributed by atoms with van der Waals surface area (Å²) in [5.74, 6) is -2.54. The maximum absolute atomic E-state index is 13.7. The summed E-state index contributed by atoms with van der Waals surface area (Å²) in [7, 11) is 2.64. The molecule has 446 valence electrons. The molecule has 5 N–H and O–H groups in total. The highest BCUT2D eigenvalue weighted by Gasteiger charge is 2.27. The Morgan fingerprint density at radius 1 is 0.671 bits per heavy atom. The quantitative estimate of drug-likeness (QED) is 0.0156. The molecule has 21 heteroatoms. The van der Waals surface area contributed by atoms with E-state index >= 15 is 0 Å². The van der Waals surface area contributed by atoms with E-state index in [4.69, 9.17) is 34.7 Å². The minimum Gasteiger partial charge on any atom is -0.756 e. The van der Waals surface area contributed by atoms with Crippen LogP contribution in [0.2, 0.25) is 0 Å². The lowest BCUT2D eigenvalue weighted by atomic mass is 10.0. The summed E-state index contributed by atoms with van der Waals surface area (Å²) in [5.41, 5.74) is 13.9. The zero-order valence-electron chi connectivity index (χ0n) is 48.9. The van der Waals surface area contributed by atoms with Crippen molar-refractivity contribution in [2.45, 2.75) is 212 Å². The summed E-state index contributed by atoms with van der Waals surface area (Å²) in [6, 6.07) is 5.44. The maximum atomic E-state index is 13.7. The normalized spacial score (nSPS) is 13.2. The van der Waals surface area contributed by atoms with Gasteiger partial charge in [-0.25, -0.2) is 14.8 Å². The molecule has 3 rings (SSSR count). The highest BCUT2D eigenvalue weighted by Crippen LogP contribution is 2.38. The van der Waals surface area contributed by atoms with Crippen LogP contribution in [0.1, 0.15) is 210 Å². The second-order valence-corrected chi connectivity index (χ2v) is 23.3. The standard InChI is InChI=1S/C58H98N9O11P/c1-7-9-11-13-15-17-19-20-21-22-23-24-26-28-30-32-51(68)75-44-49(45-77-79(72,73)76-41-39-67(4,5)6)78-52(69)38-37-50(57(71)74-40-31-29-27-25-18-16-14-12-10-8-2)63-56(70)46-33-35-48(36-34-46)66(3)43-47-42-61-55-53(62-47)54(59)64-58(60)65-55/h33-36,42,49-50H,7-32,37-41,43-45H2,1-6H3,(H5-,59,60,61,63,64,65,70,72,73)/t49-,50+/m1/s1. The van der Waals surface area contributed by atoms with Gasteiger partial charge in [0, 0.05) is 31.1 Å². The number of carbonyl (C=O) groups excluding carboxylic acids is 4. The highest BCUT2D eigenvalue weighted by molar-refractivity contribution is 7.45. The summed E-state index contributed by atoms with van der Waals surface area (Å²) >= 11 is 0. The number of fused-ring (bicyclic) bond motifs is 1. The molecule has 0 saturated heterocycles. The molecule has 1 amide bonds. The lowest BCUT2D eigenvalue weighted by molar-refractivity contribution is -0.870. The number of nitrogens with two attached hydrogens (primary N) is 2. The molecule has 0 radical (unpaired) electrons. The molecule has 3 aromatic rings. The van der Waals surface area contributed by atoms with E-state index in [-0.39, 0.29) is 55.5 Å². The van der Waals surface area contributed by atoms with Crippen molar-refractivity contribution >= 4 is 60.3 Å². The molecule has 20 nitrogen and oxygen atoms in total. The third kappa shape index (κ3) is 31.5. The molecule has 3 atom stereocenters. The van der Waals surface area contributed by atoms with E-state index in [1.165, 1.54) is 109 Å². The van der Waals surface area contributed by atoms with Crippen LogP contribution in [0.4, 0.5) is 17.5 Å². The Hall–Kier alpha value is -5.01. The molecule has 1 aromatic carbocycles. The van der Waals surface area contributed by atoms with E-state index in [0.717, 1.165) is 44.2 Å². The first-order valence-corrected chi connectivity index (χ1v) is 30.9. The number of phosphoric ester groups is 1. The lowest BCUT2D eigenvalue weighted by Crippen LogP contribution is -2.42. The number of phosphoric acid groups is 1. The number of likely N-dealkylation sites (N-methyl/N-ethyl adjacent to an activating group) is 1. The van der Waals surface area contributed by atoms with Crippen molar-refractivity contribution < 1.29 is 56.4 Å². The number of nitrogens with zero attached hydrogens (tertiary/aromatic N) is 6. The van der Waals surface area contributed by atoms with Crippen molar-refractivity contribution in [3.05, 3.63) is 41.7 Å². The fraction of sp³-hybridized carbons (Fsp3) is 0.724. The van der Waals surface area contributed by atoms with Crippen LogP contribution in [-0.2, 0) is 48.8 Å². The first-order chi connectivity index (χ1) is 37.9. The van der Waals surface area contributed by atoms with Gasteiger partial charge in [-0.2, -0.15) is 9.97 Å². The van der Waals surface area contributed by atoms with Crippen LogP contribution in [0.15, 0.2) is 30.5 Å². The maximum Gasteiger partial charge on any atom is 0.328 e. The number of esters is 3. The average Bonchev–Trinajstić information content (AvgIpc) is 3.41. The second-order valence-electron chi connectivity index (χ2n) is 21.9. The molecule has 0 bridgehead atoms. The first-order valence-electron chi connectivity index (χ1n) is 29.5. The molecule has 1 unspecified atom stereocenters. The van der Waals surface area contributed by atoms with Crippen molar-refractivity contribution in [1.29, 1.82) is 0 Å². The number of unbranched alkanes of at least 4 members (excludes halogenated alkanes) is 23. The van der Waals surface area contributed by atoms with E-state index in [0.29, 0.717) is 41.6 Å². The summed E-state index contributed by atoms with van der Waals surface area (Å²) < 4.78 is 40.1. The smallest absolute Gasteiger partial charge is 0.328 e. The van der Waals surface area contributed by atoms with Gasteiger partial charge >= 0.3 is 17.9 Å². The summed E-state index contributed by atoms with van der Waals surface area (Å²) in [5, 5.41) is 2.74. The Morgan fingerprint density at radius 2 is 1.22 bits per heavy atom. The van der Waals surface area contributed by atoms with Crippen molar-refractivity contribution in [3.8, 4) is 0 Å². The second kappa shape index (κ2) is 39.4. The summed E-state index contributed by atoms with van der Waals surface area (Å²) in [6.07, 6.45) is 28.7. The van der Waals surface area contributed by atoms with Crippen LogP contribution in [0, 0.1) is 0 Å². The largest absolute Gasteiger partial charge is 0.756 e. The lowest BCUT2D eigenvalue weighted by Gasteiger charge is -2.28. The molecule has 2 aromatic heterocycles. The van der Waals surface area contributed by atoms with Crippen LogP contribution in [0.5, 0.6) is 0 Å². The molecule has 0 spiro atoms. The predicted molar refractivity (Wildman–Crippen MR) is 309 cm³/mol. The van der Waals surface area contributed by atoms with Gasteiger partial charge in [0.15, 0.2) is 23.1 Å². The fourth-order valence-electron chi connectivity index (χ4n) is 8.77. The number of aromatic nitrogens is 4. The van der Waals surface area contributed by atoms with E-state index in [1.54, 1.807) is 30.5 Å². The zero-order valence-corrected chi connectivity index (χ0v) is 49.8. The molecule has 0 saturated carbocycles. The van der Waals surface area contributed by atoms with Gasteiger partial charge in [0.2, 0.25) is 5.95 Å². The van der Waals surface area contributed by atoms with Gasteiger partial charge in [-0.05, 0) is 43.5 Å². The Bertz CT molecular complexity index is 2250. The summed E-state index contributed by atoms with van der Waals surface area (Å²) in [4.78, 5) is 85.3. The topological polar surface area (TPSA) is 273 Å². The third-order valence-corrected chi connectivity index (χ3v) is 14.5. The minimum atomic E-state index is -4.84. The third-order valence-electron chi connectivity index (χ3n) is 13.6. The number of hydrogen-bond donors (Lipinski definition) is 3. The monoisotopic (exact) mass is 1130 g/mol. The Kier molecular flexibility index (Phi) is 34.0. The molecular formula is C58H98N9O11P. The van der Waals surface area contributed by atoms with E-state index in [2.05, 4.69) is 39.1 Å². The van der Waals surface area contributed by atoms with E-state index < -0.39 is 57.0 Å². The van der Waals surface area contributed by atoms with Crippen LogP contribution in [-0.4, -0.2) is 122 Å². The number of nitrogen functional groups attached to an aromatic ring is 2. The van der Waals surface area contributed by atoms with E-state index in [9.17, 15) is 28.6 Å². The number of hydrogen-bond acceptors (Lipinski definition) is 18. The van der Waals surface area contributed by atoms with Crippen molar-refractivity contribution in [2.24, 2.45) is 0 Å². The van der Waals surface area contributed by atoms with Crippen LogP contribution >= 0.6 is 7.82 Å². The van der Waals surface area contributed by atoms with Gasteiger partial charge in [-0.15, -0.1) is 0 Å². The zero-order chi connectivity index (χ0) is 57.7. The number of anilines is 3. The minimum absolute atomic E-state index is 0.000581. The van der Waals surface area contributed by atoms with E-state index in [1.807, 2.05) is 33.1 Å². The SMILES string of the molecule is CCCCCCCCCCCCCCCCCC(=O)OC[C@H](COP(=O)([O-])OCC[N+](C)(C)C)OC(=O)CC[C@H](NC(=O)c1ccc(N(C)Cc2cnc3nc(N)nc(N)c3n2)cc1)C(=O)OCCCCCCCCCCCC. The Balaban J connectivity index is 1.60. The fourth-order valence-corrected chi connectivity index (χ4v) is 9.50. The molecule has 0 aliphatic rings. The molecule has 2 heterocycles. The predicted octanol–water partition coefficient (Wildman–Crippen LogP) is 10.5. The van der Waals surface area contributed by atoms with Crippen molar-refractivity contribution in [1.82, 2.24) is 25.3 Å². The average molecular weight is 1130 g/mol. The number of quaternary nitrogens is 1. The van der Waals surface area contributed by atoms with Gasteiger partial charge in [0.05, 0.1) is 52.8 Å². The van der Waals surface area contributed by atoms with Gasteiger partial charge in [0.25, 0.3) is 13.7 Å². The number of carbonyl (C=O) groups is 4. The van der Waals surface area contributed by atoms with Crippen LogP contribution in [0.25, 0.3) is 11.2 Å². The highest BCUT2D eigenvalue weighted by atomic mass is 31.2. The van der Waals surface area contributed by atoms with Crippen LogP contribution in [0.3, 0.4) is 0 Å². The van der Waals surface area contributed by atoms with Gasteiger partial charge in [-0.3, -0.25) is 18.9 Å². The Morgan fingerprint density at radius 3 is 1.77 bits per heavy atom. The number of nitrogens with one attached hydrogen (secondary N) is 1. The molecule has 0 aliphatic carbocycles. The van der Waals surface area contributed by atoms with Gasteiger partial charge in [0.1, 0.15) is 25.8 Å². The Labute approximate surface area is 471 Å². The molecule has 0 fully saturated rings. The number of benzene rings is 1. The van der Waals surface area contributed by atoms with Gasteiger partial charge in [-0.1, -0.05) is 162 Å². The van der Waals surface area contributed by atoms with Crippen molar-refractivity contribution in [3.63, 3.8) is 0 Å². The van der Waals surface area contributed by atoms with Crippen LogP contribution < -0.4 is 26.6 Å². The summed E-state index contributed by atoms with van der Waals surface area (Å²) in [6.45, 7) is 4.00. The number of ether oxygens (including phenoxy) is 3. The molecule has 0 aliphatic heterocycles.